The number of anilines is 1. The lowest BCUT2D eigenvalue weighted by Gasteiger charge is -2.24. The maximum Gasteiger partial charge on any atom is 0.301 e. The van der Waals surface area contributed by atoms with Crippen molar-refractivity contribution in [3.8, 4) is 0 Å². The van der Waals surface area contributed by atoms with Crippen molar-refractivity contribution in [2.45, 2.75) is 53.0 Å². The normalized spacial score (nSPS) is 17.4. The number of nitrogens with zero attached hydrogens (tertiary/aromatic N) is 4. The zero-order chi connectivity index (χ0) is 28.5. The number of carbonyl (C=O) groups is 2. The van der Waals surface area contributed by atoms with Crippen LogP contribution in [-0.2, 0) is 15.0 Å². The highest BCUT2D eigenvalue weighted by molar-refractivity contribution is 7.22. The Bertz CT molecular complexity index is 1870. The van der Waals surface area contributed by atoms with E-state index in [2.05, 4.69) is 31.8 Å². The monoisotopic (exact) mass is 550 g/mol. The molecule has 8 heteroatoms. The van der Waals surface area contributed by atoms with E-state index >= 15 is 0 Å². The molecular weight excluding hydrogens is 520 g/mol. The number of aryl methyl sites for hydroxylation is 3. The number of benzene rings is 2. The summed E-state index contributed by atoms with van der Waals surface area (Å²) in [7, 11) is 0. The topological polar surface area (TPSA) is 87.8 Å². The van der Waals surface area contributed by atoms with Crippen LogP contribution in [0.15, 0.2) is 66.4 Å². The summed E-state index contributed by atoms with van der Waals surface area (Å²) in [4.78, 5) is 38.3. The average molecular weight is 551 g/mol. The fourth-order valence-corrected chi connectivity index (χ4v) is 6.67. The van der Waals surface area contributed by atoms with Crippen molar-refractivity contribution < 1.29 is 14.7 Å². The molecule has 0 spiro atoms. The van der Waals surface area contributed by atoms with Gasteiger partial charge in [-0.25, -0.2) is 9.97 Å². The highest BCUT2D eigenvalue weighted by atomic mass is 32.1. The molecule has 2 aromatic carbocycles. The summed E-state index contributed by atoms with van der Waals surface area (Å²) >= 11 is 1.37. The molecule has 1 fully saturated rings. The van der Waals surface area contributed by atoms with Crippen molar-refractivity contribution in [1.82, 2.24) is 14.4 Å². The van der Waals surface area contributed by atoms with Crippen LogP contribution in [0, 0.1) is 20.8 Å². The van der Waals surface area contributed by atoms with Gasteiger partial charge in [0.2, 0.25) is 0 Å². The number of thiazole rings is 1. The lowest BCUT2D eigenvalue weighted by atomic mass is 9.85. The standard InChI is InChI=1S/C32H30N4O3S/c1-17-15-18(2)25-22(16-17)40-31(34-25)36-27(20-10-12-21(13-11-20)32(4,5)6)24(29(38)30(36)39)28(37)26-19(3)33-23-9-7-8-14-35(23)26/h7-16,27,37H,1-6H3. The SMILES string of the molecule is Cc1cc(C)c2nc(N3C(=O)C(=O)C(=C(O)c4c(C)nc5ccccn45)C3c3ccc(C(C)(C)C)cc3)sc2c1. The summed E-state index contributed by atoms with van der Waals surface area (Å²) in [5, 5.41) is 12.2. The van der Waals surface area contributed by atoms with Crippen molar-refractivity contribution in [2.75, 3.05) is 4.90 Å². The highest BCUT2D eigenvalue weighted by Crippen LogP contribution is 2.45. The van der Waals surface area contributed by atoms with Crippen molar-refractivity contribution in [3.63, 3.8) is 0 Å². The number of fused-ring (bicyclic) bond motifs is 2. The summed E-state index contributed by atoms with van der Waals surface area (Å²) < 4.78 is 2.68. The summed E-state index contributed by atoms with van der Waals surface area (Å²) in [5.41, 5.74) is 6.27. The van der Waals surface area contributed by atoms with Crippen molar-refractivity contribution >= 4 is 49.8 Å². The van der Waals surface area contributed by atoms with Crippen LogP contribution in [-0.4, -0.2) is 31.2 Å². The predicted octanol–water partition coefficient (Wildman–Crippen LogP) is 6.79. The van der Waals surface area contributed by atoms with Gasteiger partial charge in [0, 0.05) is 6.20 Å². The number of imidazole rings is 1. The van der Waals surface area contributed by atoms with Crippen molar-refractivity contribution in [3.05, 3.63) is 100 Å². The summed E-state index contributed by atoms with van der Waals surface area (Å²) in [6.45, 7) is 12.2. The quantitative estimate of drug-likeness (QED) is 0.152. The minimum atomic E-state index is -0.857. The predicted molar refractivity (Wildman–Crippen MR) is 159 cm³/mol. The Morgan fingerprint density at radius 1 is 0.975 bits per heavy atom. The van der Waals surface area contributed by atoms with Gasteiger partial charge in [-0.15, -0.1) is 0 Å². The number of amides is 1. The van der Waals surface area contributed by atoms with E-state index in [1.54, 1.807) is 17.5 Å². The molecule has 7 nitrogen and oxygen atoms in total. The van der Waals surface area contributed by atoms with Gasteiger partial charge in [0.05, 0.1) is 27.5 Å². The van der Waals surface area contributed by atoms with E-state index in [-0.39, 0.29) is 16.7 Å². The zero-order valence-electron chi connectivity index (χ0n) is 23.3. The maximum absolute atomic E-state index is 13.8. The Morgan fingerprint density at radius 2 is 1.70 bits per heavy atom. The molecule has 0 aliphatic carbocycles. The van der Waals surface area contributed by atoms with Gasteiger partial charge in [0.1, 0.15) is 11.3 Å². The van der Waals surface area contributed by atoms with Crippen LogP contribution in [0.5, 0.6) is 0 Å². The second kappa shape index (κ2) is 9.13. The number of aromatic nitrogens is 3. The van der Waals surface area contributed by atoms with Crippen LogP contribution in [0.2, 0.25) is 0 Å². The number of Topliss-reactive ketones (excluding diaryl/α,β-unsaturated/α-hetero) is 1. The van der Waals surface area contributed by atoms with Gasteiger partial charge in [0.15, 0.2) is 10.9 Å². The number of hydrogen-bond acceptors (Lipinski definition) is 6. The molecular formula is C32H30N4O3S. The van der Waals surface area contributed by atoms with Gasteiger partial charge >= 0.3 is 5.91 Å². The molecule has 202 valence electrons. The lowest BCUT2D eigenvalue weighted by Crippen LogP contribution is -2.29. The first kappa shape index (κ1) is 26.0. The van der Waals surface area contributed by atoms with Gasteiger partial charge < -0.3 is 5.11 Å². The summed E-state index contributed by atoms with van der Waals surface area (Å²) in [5.74, 6) is -1.72. The van der Waals surface area contributed by atoms with Gasteiger partial charge in [0.25, 0.3) is 5.78 Å². The summed E-state index contributed by atoms with van der Waals surface area (Å²) in [6.07, 6.45) is 1.78. The van der Waals surface area contributed by atoms with E-state index in [0.29, 0.717) is 27.7 Å². The number of pyridine rings is 1. The number of aliphatic hydroxyl groups excluding tert-OH is 1. The number of rotatable bonds is 3. The minimum Gasteiger partial charge on any atom is -0.505 e. The van der Waals surface area contributed by atoms with E-state index in [4.69, 9.17) is 4.98 Å². The van der Waals surface area contributed by atoms with Crippen molar-refractivity contribution in [1.29, 1.82) is 0 Å². The fourth-order valence-electron chi connectivity index (χ4n) is 5.50. The third-order valence-corrected chi connectivity index (χ3v) is 8.49. The van der Waals surface area contributed by atoms with Gasteiger partial charge in [-0.05, 0) is 66.6 Å². The molecule has 1 N–H and O–H groups in total. The van der Waals surface area contributed by atoms with Gasteiger partial charge in [-0.3, -0.25) is 18.9 Å². The highest BCUT2D eigenvalue weighted by Gasteiger charge is 2.48. The lowest BCUT2D eigenvalue weighted by molar-refractivity contribution is -0.132. The Hall–Kier alpha value is -4.30. The number of aliphatic hydroxyl groups is 1. The maximum atomic E-state index is 13.8. The molecule has 1 aliphatic heterocycles. The Balaban J connectivity index is 1.60. The Morgan fingerprint density at radius 3 is 2.40 bits per heavy atom. The first-order valence-corrected chi connectivity index (χ1v) is 14.0. The largest absolute Gasteiger partial charge is 0.505 e. The second-order valence-corrected chi connectivity index (χ2v) is 12.4. The molecule has 0 saturated carbocycles. The number of carbonyl (C=O) groups excluding carboxylic acids is 2. The summed E-state index contributed by atoms with van der Waals surface area (Å²) in [6, 6.07) is 16.6. The van der Waals surface area contributed by atoms with E-state index in [9.17, 15) is 14.7 Å². The first-order valence-electron chi connectivity index (χ1n) is 13.2. The Labute approximate surface area is 236 Å². The molecule has 0 bridgehead atoms. The molecule has 0 radical (unpaired) electrons. The van der Waals surface area contributed by atoms with E-state index in [0.717, 1.165) is 26.9 Å². The molecule has 3 aromatic heterocycles. The van der Waals surface area contributed by atoms with Gasteiger partial charge in [-0.2, -0.15) is 0 Å². The molecule has 1 aliphatic rings. The van der Waals surface area contributed by atoms with Gasteiger partial charge in [-0.1, -0.05) is 68.5 Å². The minimum absolute atomic E-state index is 0.0226. The van der Waals surface area contributed by atoms with Crippen LogP contribution in [0.4, 0.5) is 5.13 Å². The first-order chi connectivity index (χ1) is 19.0. The molecule has 1 unspecified atom stereocenters. The third kappa shape index (κ3) is 4.02. The molecule has 1 saturated heterocycles. The van der Waals surface area contributed by atoms with E-state index in [1.165, 1.54) is 16.2 Å². The van der Waals surface area contributed by atoms with Crippen LogP contribution in [0.25, 0.3) is 21.6 Å². The number of ketones is 1. The van der Waals surface area contributed by atoms with Crippen LogP contribution < -0.4 is 4.90 Å². The fraction of sp³-hybridized carbons (Fsp3) is 0.250. The van der Waals surface area contributed by atoms with E-state index in [1.807, 2.05) is 62.4 Å². The van der Waals surface area contributed by atoms with Crippen LogP contribution in [0.1, 0.15) is 60.5 Å². The van der Waals surface area contributed by atoms with E-state index < -0.39 is 17.7 Å². The molecule has 5 aromatic rings. The average Bonchev–Trinajstić information content (AvgIpc) is 3.54. The van der Waals surface area contributed by atoms with Crippen LogP contribution in [0.3, 0.4) is 0 Å². The molecule has 1 atom stereocenters. The molecule has 4 heterocycles. The Kier molecular flexibility index (Phi) is 5.92. The molecule has 40 heavy (non-hydrogen) atoms. The van der Waals surface area contributed by atoms with Crippen molar-refractivity contribution in [2.24, 2.45) is 0 Å². The zero-order valence-corrected chi connectivity index (χ0v) is 24.1. The molecule has 6 rings (SSSR count). The molecule has 1 amide bonds. The number of hydrogen-bond donors (Lipinski definition) is 1. The smallest absolute Gasteiger partial charge is 0.301 e. The van der Waals surface area contributed by atoms with Crippen LogP contribution >= 0.6 is 11.3 Å². The second-order valence-electron chi connectivity index (χ2n) is 11.4. The third-order valence-electron chi connectivity index (χ3n) is 7.49.